The van der Waals surface area contributed by atoms with E-state index in [4.69, 9.17) is 4.42 Å². The van der Waals surface area contributed by atoms with Crippen LogP contribution in [0, 0.1) is 0 Å². The summed E-state index contributed by atoms with van der Waals surface area (Å²) in [6.45, 7) is 0. The first-order valence-corrected chi connectivity index (χ1v) is 20.5. The summed E-state index contributed by atoms with van der Waals surface area (Å²) in [4.78, 5) is 2.37. The number of para-hydroxylation sites is 1. The van der Waals surface area contributed by atoms with Crippen LogP contribution in [0.3, 0.4) is 0 Å². The van der Waals surface area contributed by atoms with Crippen LogP contribution < -0.4 is 4.90 Å². The molecule has 0 saturated carbocycles. The van der Waals surface area contributed by atoms with Gasteiger partial charge in [-0.05, 0) is 121 Å². The molecule has 2 heteroatoms. The predicted octanol–water partition coefficient (Wildman–Crippen LogP) is 16.5. The molecule has 0 spiro atoms. The fourth-order valence-corrected chi connectivity index (χ4v) is 8.80. The zero-order chi connectivity index (χ0) is 39.8. The molecule has 2 nitrogen and oxygen atoms in total. The Balaban J connectivity index is 1.09. The van der Waals surface area contributed by atoms with E-state index in [1.165, 1.54) is 60.8 Å². The number of furan rings is 1. The van der Waals surface area contributed by atoms with Crippen LogP contribution in [0.2, 0.25) is 0 Å². The van der Waals surface area contributed by atoms with Crippen molar-refractivity contribution in [1.29, 1.82) is 0 Å². The topological polar surface area (TPSA) is 16.4 Å². The molecule has 0 bridgehead atoms. The Morgan fingerprint density at radius 1 is 0.267 bits per heavy atom. The van der Waals surface area contributed by atoms with E-state index in [-0.39, 0.29) is 0 Å². The Morgan fingerprint density at radius 3 is 1.62 bits per heavy atom. The molecule has 0 aliphatic rings. The molecule has 10 aromatic carbocycles. The lowest BCUT2D eigenvalue weighted by atomic mass is 9.84. The third-order valence-corrected chi connectivity index (χ3v) is 11.7. The number of benzene rings is 10. The van der Waals surface area contributed by atoms with Gasteiger partial charge in [0.25, 0.3) is 0 Å². The van der Waals surface area contributed by atoms with Crippen molar-refractivity contribution in [2.45, 2.75) is 0 Å². The lowest BCUT2D eigenvalue weighted by molar-refractivity contribution is 0.669. The lowest BCUT2D eigenvalue weighted by Crippen LogP contribution is -2.10. The molecule has 1 heterocycles. The van der Waals surface area contributed by atoms with Crippen LogP contribution in [0.5, 0.6) is 0 Å². The van der Waals surface area contributed by atoms with Crippen molar-refractivity contribution in [3.8, 4) is 55.6 Å². The number of nitrogens with zero attached hydrogens (tertiary/aromatic N) is 1. The van der Waals surface area contributed by atoms with Gasteiger partial charge in [0.2, 0.25) is 0 Å². The molecule has 0 aliphatic heterocycles. The molecule has 0 fully saturated rings. The van der Waals surface area contributed by atoms with Crippen LogP contribution in [-0.4, -0.2) is 0 Å². The molecule has 11 aromatic rings. The predicted molar refractivity (Wildman–Crippen MR) is 253 cm³/mol. The van der Waals surface area contributed by atoms with Gasteiger partial charge in [-0.3, -0.25) is 0 Å². The summed E-state index contributed by atoms with van der Waals surface area (Å²) < 4.78 is 6.30. The minimum Gasteiger partial charge on any atom is -0.456 e. The molecule has 60 heavy (non-hydrogen) atoms. The van der Waals surface area contributed by atoms with Gasteiger partial charge >= 0.3 is 0 Å². The van der Waals surface area contributed by atoms with Gasteiger partial charge in [0.05, 0.1) is 0 Å². The molecule has 1 aromatic heterocycles. The minimum absolute atomic E-state index is 0.875. The van der Waals surface area contributed by atoms with Crippen molar-refractivity contribution < 1.29 is 4.42 Å². The highest BCUT2D eigenvalue weighted by Gasteiger charge is 2.20. The third kappa shape index (κ3) is 6.41. The molecule has 11 rings (SSSR count). The second kappa shape index (κ2) is 15.1. The molecule has 0 saturated heterocycles. The van der Waals surface area contributed by atoms with Gasteiger partial charge in [-0.2, -0.15) is 0 Å². The molecule has 0 amide bonds. The first-order valence-electron chi connectivity index (χ1n) is 20.5. The summed E-state index contributed by atoms with van der Waals surface area (Å²) >= 11 is 0. The van der Waals surface area contributed by atoms with E-state index in [1.807, 2.05) is 12.1 Å². The van der Waals surface area contributed by atoms with Crippen molar-refractivity contribution in [3.05, 3.63) is 237 Å². The van der Waals surface area contributed by atoms with Crippen LogP contribution in [0.15, 0.2) is 241 Å². The van der Waals surface area contributed by atoms with Gasteiger partial charge in [0.15, 0.2) is 0 Å². The van der Waals surface area contributed by atoms with Crippen LogP contribution >= 0.6 is 0 Å². The maximum absolute atomic E-state index is 6.30. The highest BCUT2D eigenvalue weighted by Crippen LogP contribution is 2.46. The average molecular weight is 766 g/mol. The van der Waals surface area contributed by atoms with Crippen LogP contribution in [0.4, 0.5) is 17.1 Å². The van der Waals surface area contributed by atoms with Crippen LogP contribution in [-0.2, 0) is 0 Å². The van der Waals surface area contributed by atoms with Crippen molar-refractivity contribution in [1.82, 2.24) is 0 Å². The monoisotopic (exact) mass is 765 g/mol. The van der Waals surface area contributed by atoms with E-state index in [0.717, 1.165) is 44.6 Å². The molecule has 0 aliphatic carbocycles. The van der Waals surface area contributed by atoms with Crippen LogP contribution in [0.1, 0.15) is 0 Å². The van der Waals surface area contributed by atoms with E-state index in [1.54, 1.807) is 0 Å². The average Bonchev–Trinajstić information content (AvgIpc) is 3.70. The fourth-order valence-electron chi connectivity index (χ4n) is 8.80. The van der Waals surface area contributed by atoms with Gasteiger partial charge in [-0.15, -0.1) is 0 Å². The van der Waals surface area contributed by atoms with Crippen molar-refractivity contribution in [3.63, 3.8) is 0 Å². The number of anilines is 3. The van der Waals surface area contributed by atoms with Gasteiger partial charge in [0.1, 0.15) is 11.2 Å². The van der Waals surface area contributed by atoms with Crippen molar-refractivity contribution in [2.75, 3.05) is 4.90 Å². The third-order valence-electron chi connectivity index (χ3n) is 11.7. The summed E-state index contributed by atoms with van der Waals surface area (Å²) in [5.41, 5.74) is 16.8. The quantitative estimate of drug-likeness (QED) is 0.153. The summed E-state index contributed by atoms with van der Waals surface area (Å²) in [7, 11) is 0. The summed E-state index contributed by atoms with van der Waals surface area (Å²) in [5.74, 6) is 0. The van der Waals surface area contributed by atoms with E-state index < -0.39 is 0 Å². The van der Waals surface area contributed by atoms with E-state index in [9.17, 15) is 0 Å². The molecular formula is C58H39NO. The molecule has 0 radical (unpaired) electrons. The Bertz CT molecular complexity index is 3310. The normalized spacial score (nSPS) is 11.3. The van der Waals surface area contributed by atoms with Gasteiger partial charge in [-0.25, -0.2) is 0 Å². The van der Waals surface area contributed by atoms with Gasteiger partial charge in [-0.1, -0.05) is 182 Å². The maximum atomic E-state index is 6.30. The number of hydrogen-bond donors (Lipinski definition) is 0. The molecular weight excluding hydrogens is 727 g/mol. The molecule has 0 N–H and O–H groups in total. The second-order valence-corrected chi connectivity index (χ2v) is 15.3. The van der Waals surface area contributed by atoms with E-state index in [2.05, 4.69) is 229 Å². The molecule has 0 unspecified atom stereocenters. The first kappa shape index (κ1) is 35.2. The SMILES string of the molecule is c1ccc(-c2ccccc2-c2c(-c3ccccc3)cccc2-c2cccc(N(c3ccc(-c4ccc5ccccc5c4)cc3)c3ccc4oc5ccccc5c4c3)c2)cc1. The Hall–Kier alpha value is -7.94. The Labute approximate surface area is 349 Å². The van der Waals surface area contributed by atoms with Crippen molar-refractivity contribution >= 4 is 49.8 Å². The number of hydrogen-bond acceptors (Lipinski definition) is 2. The maximum Gasteiger partial charge on any atom is 0.135 e. The highest BCUT2D eigenvalue weighted by atomic mass is 16.3. The summed E-state index contributed by atoms with van der Waals surface area (Å²) in [5, 5.41) is 4.67. The molecule has 0 atom stereocenters. The zero-order valence-corrected chi connectivity index (χ0v) is 32.9. The highest BCUT2D eigenvalue weighted by molar-refractivity contribution is 6.07. The van der Waals surface area contributed by atoms with Crippen molar-refractivity contribution in [2.24, 2.45) is 0 Å². The number of fused-ring (bicyclic) bond motifs is 4. The minimum atomic E-state index is 0.875. The number of rotatable bonds is 8. The van der Waals surface area contributed by atoms with Gasteiger partial charge in [0, 0.05) is 27.8 Å². The molecule has 282 valence electrons. The van der Waals surface area contributed by atoms with E-state index in [0.29, 0.717) is 0 Å². The fraction of sp³-hybridized carbons (Fsp3) is 0. The lowest BCUT2D eigenvalue weighted by Gasteiger charge is -2.27. The van der Waals surface area contributed by atoms with Gasteiger partial charge < -0.3 is 9.32 Å². The Kier molecular flexibility index (Phi) is 8.87. The first-order chi connectivity index (χ1) is 29.7. The summed E-state index contributed by atoms with van der Waals surface area (Å²) in [6.07, 6.45) is 0. The van der Waals surface area contributed by atoms with Crippen LogP contribution in [0.25, 0.3) is 88.3 Å². The smallest absolute Gasteiger partial charge is 0.135 e. The van der Waals surface area contributed by atoms with E-state index >= 15 is 0 Å². The largest absolute Gasteiger partial charge is 0.456 e. The second-order valence-electron chi connectivity index (χ2n) is 15.3. The Morgan fingerprint density at radius 2 is 0.817 bits per heavy atom. The zero-order valence-electron chi connectivity index (χ0n) is 32.9. The summed E-state index contributed by atoms with van der Waals surface area (Å²) in [6, 6.07) is 85.0. The standard InChI is InChI=1S/C58H39NO/c1-3-16-42(17-4-1)50-23-9-10-25-54(50)58-51(43-18-5-2-6-19-43)26-14-27-52(58)46-21-13-22-48(38-46)59(49-35-36-57-55(39-49)53-24-11-12-28-56(53)60-57)47-33-31-41(32-34-47)45-30-29-40-15-7-8-20-44(40)37-45/h1-39H.